The van der Waals surface area contributed by atoms with Gasteiger partial charge in [0.15, 0.2) is 0 Å². The van der Waals surface area contributed by atoms with Crippen molar-refractivity contribution < 1.29 is 32.7 Å². The van der Waals surface area contributed by atoms with Crippen LogP contribution in [0.4, 0.5) is 0 Å². The summed E-state index contributed by atoms with van der Waals surface area (Å²) < 4.78 is 0. The second kappa shape index (κ2) is 10.0. The van der Waals surface area contributed by atoms with E-state index < -0.39 is 0 Å². The molecule has 2 nitrogen and oxygen atoms in total. The quantitative estimate of drug-likeness (QED) is 0.345. The van der Waals surface area contributed by atoms with Crippen molar-refractivity contribution in [3.63, 3.8) is 0 Å². The predicted octanol–water partition coefficient (Wildman–Crippen LogP) is 0.401. The molecule has 0 unspecified atom stereocenters. The van der Waals surface area contributed by atoms with Crippen molar-refractivity contribution in [1.29, 1.82) is 0 Å². The summed E-state index contributed by atoms with van der Waals surface area (Å²) in [7, 11) is 0. The minimum absolute atomic E-state index is 0. The average Bonchev–Trinajstić information content (AvgIpc) is 0.918. The molecule has 0 aliphatic rings. The molecule has 0 amide bonds. The number of rotatable bonds is 0. The minimum Gasteiger partial charge on any atom is -0.539 e. The van der Waals surface area contributed by atoms with Crippen LogP contribution in [0.15, 0.2) is 0 Å². The molecule has 0 spiro atoms. The average molecular weight is 131 g/mol. The van der Waals surface area contributed by atoms with Crippen LogP contribution in [0.25, 0.3) is 5.01 Å². The fourth-order valence-corrected chi connectivity index (χ4v) is 0. The molecule has 0 N–H and O–H groups in total. The fraction of sp³-hybridized carbons (Fsp3) is 0. The maximum atomic E-state index is 8.22. The molecule has 0 aromatic heterocycles. The van der Waals surface area contributed by atoms with Gasteiger partial charge in [-0.2, -0.15) is 0 Å². The summed E-state index contributed by atoms with van der Waals surface area (Å²) in [6.45, 7) is 5.28. The molecule has 0 aromatic rings. The van der Waals surface area contributed by atoms with Crippen molar-refractivity contribution in [3.05, 3.63) is 16.8 Å². The third kappa shape index (κ3) is 30.0. The van der Waals surface area contributed by atoms with Gasteiger partial charge in [-0.25, -0.2) is 6.57 Å². The van der Waals surface area contributed by atoms with Crippen molar-refractivity contribution in [1.82, 2.24) is 0 Å². The van der Waals surface area contributed by atoms with Gasteiger partial charge in [0.2, 0.25) is 0 Å². The SMILES string of the molecule is [C-]#[N+][O-].[Y]. The molecule has 0 fully saturated rings. The van der Waals surface area contributed by atoms with Crippen LogP contribution >= 0.6 is 0 Å². The zero-order valence-corrected chi connectivity index (χ0v) is 4.77. The first-order valence-corrected chi connectivity index (χ1v) is 0.406. The monoisotopic (exact) mass is 131 g/mol. The third-order valence-electron chi connectivity index (χ3n) is 0. The van der Waals surface area contributed by atoms with E-state index in [9.17, 15) is 0 Å². The Morgan fingerprint density at radius 3 is 1.75 bits per heavy atom. The topological polar surface area (TPSA) is 27.4 Å². The maximum absolute atomic E-state index is 8.22. The van der Waals surface area contributed by atoms with Crippen LogP contribution in [0.3, 0.4) is 0 Å². The Morgan fingerprint density at radius 1 is 1.75 bits per heavy atom. The Morgan fingerprint density at radius 2 is 1.75 bits per heavy atom. The first kappa shape index (κ1) is 8.83. The standard InChI is InChI=1S/CNO.Y/c1-2-3;/q-1;. The zero-order valence-electron chi connectivity index (χ0n) is 1.93. The summed E-state index contributed by atoms with van der Waals surface area (Å²) >= 11 is 0. The van der Waals surface area contributed by atoms with Gasteiger partial charge < -0.3 is 5.21 Å². The van der Waals surface area contributed by atoms with Gasteiger partial charge in [0.25, 0.3) is 0 Å². The van der Waals surface area contributed by atoms with Crippen molar-refractivity contribution in [2.75, 3.05) is 0 Å². The van der Waals surface area contributed by atoms with Crippen LogP contribution in [-0.4, -0.2) is 0 Å². The molecule has 4 heavy (non-hydrogen) atoms. The van der Waals surface area contributed by atoms with E-state index in [1.165, 1.54) is 5.01 Å². The molecule has 0 bridgehead atoms. The molecule has 0 saturated carbocycles. The number of hydrogen-bond donors (Lipinski definition) is 0. The molecule has 0 saturated heterocycles. The van der Waals surface area contributed by atoms with E-state index in [1.54, 1.807) is 0 Å². The molecule has 3 heteroatoms. The largest absolute Gasteiger partial charge is 0.539 e. The van der Waals surface area contributed by atoms with Crippen LogP contribution in [-0.2, 0) is 32.7 Å². The maximum Gasteiger partial charge on any atom is 0 e. The second-order valence-electron chi connectivity index (χ2n) is 0.0913. The van der Waals surface area contributed by atoms with Crippen LogP contribution in [0, 0.1) is 11.8 Å². The van der Waals surface area contributed by atoms with Crippen molar-refractivity contribution in [2.24, 2.45) is 0 Å². The van der Waals surface area contributed by atoms with Gasteiger partial charge in [-0.3, -0.25) is 5.01 Å². The van der Waals surface area contributed by atoms with E-state index in [4.69, 9.17) is 11.8 Å². The predicted molar refractivity (Wildman–Crippen MR) is 9.97 cm³/mol. The Balaban J connectivity index is 0. The van der Waals surface area contributed by atoms with Crippen LogP contribution in [0.1, 0.15) is 0 Å². The Kier molecular flexibility index (Phi) is 22.1. The van der Waals surface area contributed by atoms with Crippen LogP contribution < -0.4 is 0 Å². The van der Waals surface area contributed by atoms with Crippen molar-refractivity contribution in [3.8, 4) is 0 Å². The molecule has 0 rings (SSSR count). The van der Waals surface area contributed by atoms with Crippen molar-refractivity contribution >= 4 is 0 Å². The fourth-order valence-electron chi connectivity index (χ4n) is 0. The van der Waals surface area contributed by atoms with Gasteiger partial charge in [-0.1, -0.05) is 0 Å². The molecule has 0 heterocycles. The summed E-state index contributed by atoms with van der Waals surface area (Å²) in [4.78, 5) is 0. The Labute approximate surface area is 49.5 Å². The van der Waals surface area contributed by atoms with Gasteiger partial charge >= 0.3 is 0 Å². The van der Waals surface area contributed by atoms with E-state index >= 15 is 0 Å². The third-order valence-corrected chi connectivity index (χ3v) is 0. The minimum atomic E-state index is 0. The van der Waals surface area contributed by atoms with Crippen molar-refractivity contribution in [2.45, 2.75) is 0 Å². The summed E-state index contributed by atoms with van der Waals surface area (Å²) in [5.41, 5.74) is 0. The smallest absolute Gasteiger partial charge is 0 e. The van der Waals surface area contributed by atoms with E-state index in [0.717, 1.165) is 0 Å². The molecule has 0 aromatic carbocycles. The first-order chi connectivity index (χ1) is 1.41. The van der Waals surface area contributed by atoms with E-state index in [0.29, 0.717) is 0 Å². The molecule has 0 atom stereocenters. The molecule has 1 radical (unpaired) electrons. The number of hydrogen-bond acceptors (Lipinski definition) is 1. The first-order valence-electron chi connectivity index (χ1n) is 0.406. The zero-order chi connectivity index (χ0) is 2.71. The molecule has 0 aliphatic carbocycles. The summed E-state index contributed by atoms with van der Waals surface area (Å²) in [5, 5.41) is 9.72. The Hall–Kier alpha value is 0.394. The van der Waals surface area contributed by atoms with Gasteiger partial charge in [0, 0.05) is 32.7 Å². The number of nitrogens with zero attached hydrogens (tertiary/aromatic N) is 1. The van der Waals surface area contributed by atoms with Crippen LogP contribution in [0.5, 0.6) is 0 Å². The van der Waals surface area contributed by atoms with Gasteiger partial charge in [0.1, 0.15) is 0 Å². The molecule has 19 valence electrons. The normalized spacial score (nSPS) is 1.75. The summed E-state index contributed by atoms with van der Waals surface area (Å²) in [6, 6.07) is 0. The summed E-state index contributed by atoms with van der Waals surface area (Å²) in [6.07, 6.45) is 0. The molecular weight excluding hydrogens is 131 g/mol. The van der Waals surface area contributed by atoms with Gasteiger partial charge in [-0.15, -0.1) is 0 Å². The van der Waals surface area contributed by atoms with E-state index in [1.807, 2.05) is 0 Å². The van der Waals surface area contributed by atoms with E-state index in [-0.39, 0.29) is 32.7 Å². The van der Waals surface area contributed by atoms with Crippen LogP contribution in [0.2, 0.25) is 0 Å². The van der Waals surface area contributed by atoms with Gasteiger partial charge in [-0.05, 0) is 0 Å². The van der Waals surface area contributed by atoms with Gasteiger partial charge in [0.05, 0.1) is 0 Å². The summed E-state index contributed by atoms with van der Waals surface area (Å²) in [5.74, 6) is 0. The van der Waals surface area contributed by atoms with E-state index in [2.05, 4.69) is 0 Å². The molecular formula is CNOY-. The Bertz CT molecular complexity index is 29.5. The molecule has 0 aliphatic heterocycles. The second-order valence-corrected chi connectivity index (χ2v) is 0.0913.